The Hall–Kier alpha value is -1.04. The largest absolute Gasteiger partial charge is 0.225 e. The molecule has 0 atom stereocenters. The van der Waals surface area contributed by atoms with Gasteiger partial charge in [0.15, 0.2) is 0 Å². The van der Waals surface area contributed by atoms with Crippen molar-refractivity contribution in [2.45, 2.75) is 0 Å². The Bertz CT molecular complexity index is 500. The quantitative estimate of drug-likeness (QED) is 0.578. The van der Waals surface area contributed by atoms with Gasteiger partial charge in [-0.3, -0.25) is 0 Å². The third-order valence-electron chi connectivity index (χ3n) is 1.97. The molecule has 0 aliphatic rings. The zero-order valence-electron chi connectivity index (χ0n) is 7.55. The summed E-state index contributed by atoms with van der Waals surface area (Å²) >= 11 is 2.08. The highest BCUT2D eigenvalue weighted by molar-refractivity contribution is 14.1. The average Bonchev–Trinajstić information content (AvgIpc) is 2.23. The van der Waals surface area contributed by atoms with Crippen LogP contribution in [-0.2, 0) is 0 Å². The minimum atomic E-state index is -0.652. The van der Waals surface area contributed by atoms with E-state index in [2.05, 4.69) is 27.6 Å². The van der Waals surface area contributed by atoms with Gasteiger partial charge in [0.1, 0.15) is 5.82 Å². The number of benzene rings is 1. The van der Waals surface area contributed by atoms with E-state index in [9.17, 15) is 8.78 Å². The van der Waals surface area contributed by atoms with Crippen molar-refractivity contribution in [1.82, 2.24) is 4.98 Å². The molecule has 0 saturated heterocycles. The molecule has 15 heavy (non-hydrogen) atoms. The van der Waals surface area contributed by atoms with Crippen molar-refractivity contribution in [3.05, 3.63) is 51.9 Å². The predicted molar refractivity (Wildman–Crippen MR) is 62.3 cm³/mol. The number of nitrogens with zero attached hydrogens (tertiary/aromatic N) is 1. The molecule has 0 unspecified atom stereocenters. The molecule has 1 aromatic carbocycles. The highest BCUT2D eigenvalue weighted by Gasteiger charge is 2.10. The Morgan fingerprint density at radius 3 is 2.53 bits per heavy atom. The van der Waals surface area contributed by atoms with E-state index in [4.69, 9.17) is 0 Å². The fraction of sp³-hybridized carbons (Fsp3) is 0. The second-order valence-corrected chi connectivity index (χ2v) is 4.13. The zero-order chi connectivity index (χ0) is 10.8. The Balaban J connectivity index is 2.64. The first-order chi connectivity index (χ1) is 7.18. The molecular formula is C11H6F2IN. The molecule has 2 rings (SSSR count). The van der Waals surface area contributed by atoms with Gasteiger partial charge in [-0.15, -0.1) is 0 Å². The van der Waals surface area contributed by atoms with Crippen molar-refractivity contribution >= 4 is 22.6 Å². The average molecular weight is 317 g/mol. The van der Waals surface area contributed by atoms with Crippen molar-refractivity contribution in [1.29, 1.82) is 0 Å². The molecule has 1 nitrogen and oxygen atoms in total. The first kappa shape index (κ1) is 10.5. The van der Waals surface area contributed by atoms with Crippen LogP contribution in [0.4, 0.5) is 8.78 Å². The lowest BCUT2D eigenvalue weighted by atomic mass is 10.1. The van der Waals surface area contributed by atoms with Gasteiger partial charge in [-0.25, -0.2) is 9.37 Å². The van der Waals surface area contributed by atoms with E-state index in [0.717, 1.165) is 15.8 Å². The van der Waals surface area contributed by atoms with Crippen LogP contribution in [-0.4, -0.2) is 4.98 Å². The highest BCUT2D eigenvalue weighted by atomic mass is 127. The van der Waals surface area contributed by atoms with Gasteiger partial charge >= 0.3 is 0 Å². The maximum absolute atomic E-state index is 13.4. The van der Waals surface area contributed by atoms with Crippen LogP contribution in [0.25, 0.3) is 11.1 Å². The van der Waals surface area contributed by atoms with E-state index in [1.807, 2.05) is 12.1 Å². The third-order valence-corrected chi connectivity index (χ3v) is 2.91. The Kier molecular flexibility index (Phi) is 2.95. The predicted octanol–water partition coefficient (Wildman–Crippen LogP) is 3.63. The monoisotopic (exact) mass is 317 g/mol. The first-order valence-electron chi connectivity index (χ1n) is 4.24. The topological polar surface area (TPSA) is 12.9 Å². The van der Waals surface area contributed by atoms with Gasteiger partial charge in [0.2, 0.25) is 5.95 Å². The van der Waals surface area contributed by atoms with Crippen molar-refractivity contribution in [2.24, 2.45) is 0 Å². The van der Waals surface area contributed by atoms with E-state index in [1.54, 1.807) is 12.1 Å². The lowest BCUT2D eigenvalue weighted by molar-refractivity contribution is 0.563. The summed E-state index contributed by atoms with van der Waals surface area (Å²) in [5.41, 5.74) is 0.850. The third kappa shape index (κ3) is 2.14. The lowest BCUT2D eigenvalue weighted by Gasteiger charge is -2.04. The molecule has 76 valence electrons. The summed E-state index contributed by atoms with van der Waals surface area (Å²) in [6, 6.07) is 8.35. The molecule has 0 bridgehead atoms. The zero-order valence-corrected chi connectivity index (χ0v) is 9.70. The normalized spacial score (nSPS) is 10.3. The molecule has 0 fully saturated rings. The Labute approximate surface area is 99.3 Å². The summed E-state index contributed by atoms with van der Waals surface area (Å²) in [5, 5.41) is 0. The summed E-state index contributed by atoms with van der Waals surface area (Å²) in [4.78, 5) is 3.35. The molecule has 0 aliphatic heterocycles. The minimum Gasteiger partial charge on any atom is -0.225 e. The minimum absolute atomic E-state index is 0.194. The second-order valence-electron chi connectivity index (χ2n) is 2.97. The summed E-state index contributed by atoms with van der Waals surface area (Å²) in [6.45, 7) is 0. The molecule has 0 amide bonds. The number of halogens is 3. The molecule has 0 spiro atoms. The lowest BCUT2D eigenvalue weighted by Crippen LogP contribution is -1.92. The molecule has 2 aromatic rings. The van der Waals surface area contributed by atoms with Gasteiger partial charge in [-0.1, -0.05) is 18.2 Å². The molecule has 0 saturated carbocycles. The molecule has 0 aliphatic carbocycles. The molecule has 0 N–H and O–H groups in total. The SMILES string of the molecule is Fc1cnc(F)c(-c2ccccc2I)c1. The number of aromatic nitrogens is 1. The summed E-state index contributed by atoms with van der Waals surface area (Å²) in [5.74, 6) is -1.19. The van der Waals surface area contributed by atoms with Gasteiger partial charge in [-0.05, 0) is 40.3 Å². The van der Waals surface area contributed by atoms with Gasteiger partial charge in [0, 0.05) is 9.13 Å². The maximum atomic E-state index is 13.4. The van der Waals surface area contributed by atoms with Crippen molar-refractivity contribution in [3.8, 4) is 11.1 Å². The van der Waals surface area contributed by atoms with Gasteiger partial charge in [-0.2, -0.15) is 4.39 Å². The smallest absolute Gasteiger partial charge is 0.220 e. The van der Waals surface area contributed by atoms with Gasteiger partial charge in [0.25, 0.3) is 0 Å². The summed E-state index contributed by atoms with van der Waals surface area (Å²) in [6.07, 6.45) is 0.870. The molecular weight excluding hydrogens is 311 g/mol. The maximum Gasteiger partial charge on any atom is 0.220 e. The van der Waals surface area contributed by atoms with Crippen molar-refractivity contribution in [3.63, 3.8) is 0 Å². The van der Waals surface area contributed by atoms with Crippen molar-refractivity contribution in [2.75, 3.05) is 0 Å². The standard InChI is InChI=1S/C11H6F2IN/c12-7-5-9(11(13)15-6-7)8-3-1-2-4-10(8)14/h1-6H. The van der Waals surface area contributed by atoms with E-state index in [-0.39, 0.29) is 5.56 Å². The molecule has 1 aromatic heterocycles. The van der Waals surface area contributed by atoms with E-state index >= 15 is 0 Å². The van der Waals surface area contributed by atoms with E-state index in [0.29, 0.717) is 5.56 Å². The summed E-state index contributed by atoms with van der Waals surface area (Å²) < 4.78 is 27.1. The van der Waals surface area contributed by atoms with E-state index in [1.165, 1.54) is 0 Å². The fourth-order valence-corrected chi connectivity index (χ4v) is 1.97. The van der Waals surface area contributed by atoms with Crippen LogP contribution in [0.15, 0.2) is 36.5 Å². The van der Waals surface area contributed by atoms with Crippen LogP contribution in [0.1, 0.15) is 0 Å². The van der Waals surface area contributed by atoms with Crippen LogP contribution >= 0.6 is 22.6 Å². The van der Waals surface area contributed by atoms with E-state index < -0.39 is 11.8 Å². The number of rotatable bonds is 1. The van der Waals surface area contributed by atoms with Gasteiger partial charge in [0.05, 0.1) is 6.20 Å². The molecule has 4 heteroatoms. The number of pyridine rings is 1. The number of hydrogen-bond acceptors (Lipinski definition) is 1. The Morgan fingerprint density at radius 2 is 1.80 bits per heavy atom. The van der Waals surface area contributed by atoms with Crippen molar-refractivity contribution < 1.29 is 8.78 Å². The summed E-state index contributed by atoms with van der Waals surface area (Å²) in [7, 11) is 0. The van der Waals surface area contributed by atoms with Gasteiger partial charge < -0.3 is 0 Å². The fourth-order valence-electron chi connectivity index (χ4n) is 1.29. The molecule has 1 heterocycles. The molecule has 0 radical (unpaired) electrons. The second kappa shape index (κ2) is 4.22. The van der Waals surface area contributed by atoms with Crippen LogP contribution in [0.3, 0.4) is 0 Å². The highest BCUT2D eigenvalue weighted by Crippen LogP contribution is 2.26. The van der Waals surface area contributed by atoms with Crippen LogP contribution in [0.2, 0.25) is 0 Å². The first-order valence-corrected chi connectivity index (χ1v) is 5.32. The van der Waals surface area contributed by atoms with Crippen LogP contribution in [0, 0.1) is 15.3 Å². The Morgan fingerprint density at radius 1 is 1.07 bits per heavy atom. The van der Waals surface area contributed by atoms with Crippen LogP contribution < -0.4 is 0 Å². The number of hydrogen-bond donors (Lipinski definition) is 0. The van der Waals surface area contributed by atoms with Crippen LogP contribution in [0.5, 0.6) is 0 Å².